The summed E-state index contributed by atoms with van der Waals surface area (Å²) in [5, 5.41) is 7.94. The van der Waals surface area contributed by atoms with Gasteiger partial charge in [0.05, 0.1) is 25.5 Å². The van der Waals surface area contributed by atoms with Crippen LogP contribution in [0.1, 0.15) is 25.2 Å². The Morgan fingerprint density at radius 3 is 2.79 bits per heavy atom. The highest BCUT2D eigenvalue weighted by atomic mass is 16.5. The van der Waals surface area contributed by atoms with Crippen molar-refractivity contribution in [2.24, 2.45) is 0 Å². The monoisotopic (exact) mass is 269 g/mol. The highest BCUT2D eigenvalue weighted by Crippen LogP contribution is 2.07. The van der Waals surface area contributed by atoms with Gasteiger partial charge < -0.3 is 14.8 Å². The highest BCUT2D eigenvalue weighted by molar-refractivity contribution is 5.10. The molecule has 0 bridgehead atoms. The summed E-state index contributed by atoms with van der Waals surface area (Å²) in [5.41, 5.74) is 2.34. The van der Waals surface area contributed by atoms with Crippen molar-refractivity contribution in [2.75, 3.05) is 33.5 Å². The van der Waals surface area contributed by atoms with Gasteiger partial charge in [0.1, 0.15) is 0 Å². The van der Waals surface area contributed by atoms with Gasteiger partial charge in [0.15, 0.2) is 0 Å². The van der Waals surface area contributed by atoms with Gasteiger partial charge in [-0.05, 0) is 26.5 Å². The molecule has 0 spiro atoms. The summed E-state index contributed by atoms with van der Waals surface area (Å²) >= 11 is 0. The van der Waals surface area contributed by atoms with E-state index < -0.39 is 0 Å². The summed E-state index contributed by atoms with van der Waals surface area (Å²) in [6.45, 7) is 10.1. The molecule has 0 aliphatic heterocycles. The Morgan fingerprint density at radius 2 is 2.16 bits per heavy atom. The SMILES string of the molecule is CCNC(COCCOC)Cc1cc(C)nn1CC. The van der Waals surface area contributed by atoms with Crippen molar-refractivity contribution in [2.45, 2.75) is 39.8 Å². The molecular weight excluding hydrogens is 242 g/mol. The number of likely N-dealkylation sites (N-methyl/N-ethyl adjacent to an activating group) is 1. The van der Waals surface area contributed by atoms with Gasteiger partial charge in [-0.2, -0.15) is 5.10 Å². The molecule has 19 heavy (non-hydrogen) atoms. The maximum atomic E-state index is 5.62. The Bertz CT molecular complexity index is 352. The van der Waals surface area contributed by atoms with Crippen LogP contribution >= 0.6 is 0 Å². The van der Waals surface area contributed by atoms with Crippen LogP contribution in [-0.2, 0) is 22.4 Å². The van der Waals surface area contributed by atoms with Gasteiger partial charge in [-0.15, -0.1) is 0 Å². The van der Waals surface area contributed by atoms with Gasteiger partial charge in [0, 0.05) is 31.8 Å². The molecule has 0 radical (unpaired) electrons. The molecule has 1 N–H and O–H groups in total. The average molecular weight is 269 g/mol. The average Bonchev–Trinajstić information content (AvgIpc) is 2.75. The second-order valence-corrected chi connectivity index (χ2v) is 4.62. The first-order valence-corrected chi connectivity index (χ1v) is 7.04. The van der Waals surface area contributed by atoms with E-state index in [9.17, 15) is 0 Å². The lowest BCUT2D eigenvalue weighted by atomic mass is 10.1. The van der Waals surface area contributed by atoms with Gasteiger partial charge in [0.25, 0.3) is 0 Å². The van der Waals surface area contributed by atoms with Crippen LogP contribution in [0.15, 0.2) is 6.07 Å². The number of rotatable bonds is 10. The maximum Gasteiger partial charge on any atom is 0.0701 e. The fourth-order valence-corrected chi connectivity index (χ4v) is 2.14. The molecule has 1 atom stereocenters. The Morgan fingerprint density at radius 1 is 1.37 bits per heavy atom. The molecule has 0 aromatic carbocycles. The minimum absolute atomic E-state index is 0.322. The molecule has 1 aromatic heterocycles. The van der Waals surface area contributed by atoms with E-state index in [0.29, 0.717) is 25.9 Å². The molecule has 0 fully saturated rings. The Balaban J connectivity index is 2.51. The van der Waals surface area contributed by atoms with Gasteiger partial charge >= 0.3 is 0 Å². The van der Waals surface area contributed by atoms with Gasteiger partial charge in [-0.25, -0.2) is 0 Å². The number of aromatic nitrogens is 2. The zero-order valence-corrected chi connectivity index (χ0v) is 12.6. The number of nitrogens with zero attached hydrogens (tertiary/aromatic N) is 2. The van der Waals surface area contributed by atoms with Crippen molar-refractivity contribution in [3.63, 3.8) is 0 Å². The van der Waals surface area contributed by atoms with Crippen LogP contribution in [0.4, 0.5) is 0 Å². The first kappa shape index (κ1) is 16.1. The summed E-state index contributed by atoms with van der Waals surface area (Å²) in [6.07, 6.45) is 0.940. The van der Waals surface area contributed by atoms with Crippen molar-refractivity contribution < 1.29 is 9.47 Å². The van der Waals surface area contributed by atoms with Crippen molar-refractivity contribution in [1.82, 2.24) is 15.1 Å². The molecule has 0 saturated carbocycles. The van der Waals surface area contributed by atoms with E-state index in [1.807, 2.05) is 6.92 Å². The standard InChI is InChI=1S/C14H27N3O2/c1-5-15-13(11-19-8-7-18-4)10-14-9-12(3)16-17(14)6-2/h9,13,15H,5-8,10-11H2,1-4H3. The van der Waals surface area contributed by atoms with E-state index >= 15 is 0 Å². The third kappa shape index (κ3) is 5.72. The van der Waals surface area contributed by atoms with Crippen LogP contribution in [0.25, 0.3) is 0 Å². The topological polar surface area (TPSA) is 48.3 Å². The maximum absolute atomic E-state index is 5.62. The third-order valence-corrected chi connectivity index (χ3v) is 2.98. The largest absolute Gasteiger partial charge is 0.382 e. The quantitative estimate of drug-likeness (QED) is 0.652. The molecule has 1 unspecified atom stereocenters. The fraction of sp³-hybridized carbons (Fsp3) is 0.786. The third-order valence-electron chi connectivity index (χ3n) is 2.98. The summed E-state index contributed by atoms with van der Waals surface area (Å²) in [7, 11) is 1.69. The highest BCUT2D eigenvalue weighted by Gasteiger charge is 2.12. The molecule has 0 saturated heterocycles. The summed E-state index contributed by atoms with van der Waals surface area (Å²) in [6, 6.07) is 2.48. The van der Waals surface area contributed by atoms with Crippen LogP contribution in [0, 0.1) is 6.92 Å². The predicted molar refractivity (Wildman–Crippen MR) is 76.5 cm³/mol. The molecule has 110 valence electrons. The van der Waals surface area contributed by atoms with Crippen LogP contribution < -0.4 is 5.32 Å². The Kier molecular flexibility index (Phi) is 7.70. The molecule has 0 amide bonds. The summed E-state index contributed by atoms with van der Waals surface area (Å²) in [5.74, 6) is 0. The van der Waals surface area contributed by atoms with Crippen molar-refractivity contribution in [3.05, 3.63) is 17.5 Å². The van der Waals surface area contributed by atoms with E-state index in [1.165, 1.54) is 5.69 Å². The lowest BCUT2D eigenvalue weighted by Crippen LogP contribution is -2.36. The van der Waals surface area contributed by atoms with Crippen LogP contribution in [0.2, 0.25) is 0 Å². The van der Waals surface area contributed by atoms with Crippen LogP contribution in [0.3, 0.4) is 0 Å². The van der Waals surface area contributed by atoms with Gasteiger partial charge in [-0.1, -0.05) is 6.92 Å². The normalized spacial score (nSPS) is 12.8. The molecule has 1 rings (SSSR count). The van der Waals surface area contributed by atoms with Crippen molar-refractivity contribution in [1.29, 1.82) is 0 Å². The first-order chi connectivity index (χ1) is 9.21. The van der Waals surface area contributed by atoms with Gasteiger partial charge in [0.2, 0.25) is 0 Å². The molecule has 0 aliphatic rings. The lowest BCUT2D eigenvalue weighted by Gasteiger charge is -2.18. The summed E-state index contributed by atoms with van der Waals surface area (Å²) in [4.78, 5) is 0. The molecule has 0 aliphatic carbocycles. The molecule has 5 heteroatoms. The first-order valence-electron chi connectivity index (χ1n) is 7.04. The second-order valence-electron chi connectivity index (χ2n) is 4.62. The zero-order valence-electron chi connectivity index (χ0n) is 12.6. The number of aryl methyl sites for hydroxylation is 2. The Labute approximate surface area is 116 Å². The lowest BCUT2D eigenvalue weighted by molar-refractivity contribution is 0.0587. The van der Waals surface area contributed by atoms with Gasteiger partial charge in [-0.3, -0.25) is 4.68 Å². The molecule has 1 heterocycles. The van der Waals surface area contributed by atoms with Crippen molar-refractivity contribution >= 4 is 0 Å². The fourth-order valence-electron chi connectivity index (χ4n) is 2.14. The van der Waals surface area contributed by atoms with E-state index in [0.717, 1.165) is 25.2 Å². The van der Waals surface area contributed by atoms with Crippen molar-refractivity contribution in [3.8, 4) is 0 Å². The summed E-state index contributed by atoms with van der Waals surface area (Å²) < 4.78 is 12.7. The minimum atomic E-state index is 0.322. The zero-order chi connectivity index (χ0) is 14.1. The number of hydrogen-bond acceptors (Lipinski definition) is 4. The Hall–Kier alpha value is -0.910. The van der Waals surface area contributed by atoms with Crippen LogP contribution in [-0.4, -0.2) is 49.3 Å². The smallest absolute Gasteiger partial charge is 0.0701 e. The number of methoxy groups -OCH3 is 1. The molecule has 1 aromatic rings. The van der Waals surface area contributed by atoms with E-state index in [2.05, 4.69) is 35.0 Å². The number of ether oxygens (including phenoxy) is 2. The van der Waals surface area contributed by atoms with Crippen LogP contribution in [0.5, 0.6) is 0 Å². The number of hydrogen-bond donors (Lipinski definition) is 1. The van der Waals surface area contributed by atoms with E-state index in [1.54, 1.807) is 7.11 Å². The minimum Gasteiger partial charge on any atom is -0.382 e. The predicted octanol–water partition coefficient (Wildman–Crippen LogP) is 1.40. The molecular formula is C14H27N3O2. The number of nitrogens with one attached hydrogen (secondary N) is 1. The second kappa shape index (κ2) is 9.07. The van der Waals surface area contributed by atoms with E-state index in [4.69, 9.17) is 9.47 Å². The molecule has 5 nitrogen and oxygen atoms in total. The van der Waals surface area contributed by atoms with E-state index in [-0.39, 0.29) is 0 Å².